The van der Waals surface area contributed by atoms with Gasteiger partial charge in [0.25, 0.3) is 0 Å². The van der Waals surface area contributed by atoms with E-state index in [1.54, 1.807) is 6.08 Å². The van der Waals surface area contributed by atoms with Crippen molar-refractivity contribution in [1.82, 2.24) is 5.32 Å². The molecule has 0 radical (unpaired) electrons. The summed E-state index contributed by atoms with van der Waals surface area (Å²) in [5, 5.41) is 3.59. The van der Waals surface area contributed by atoms with Crippen LogP contribution >= 0.6 is 0 Å². The minimum Gasteiger partial charge on any atom is -0.490 e. The number of ether oxygens (including phenoxy) is 1. The summed E-state index contributed by atoms with van der Waals surface area (Å²) in [4.78, 5) is 0. The Morgan fingerprint density at radius 1 is 1.28 bits per heavy atom. The normalized spacial score (nSPS) is 12.1. The fraction of sp³-hybridized carbons (Fsp3) is 0.500. The Labute approximate surface area is 111 Å². The maximum Gasteiger partial charge on any atom is 0.119 e. The molecule has 0 saturated heterocycles. The Hall–Kier alpha value is -1.28. The van der Waals surface area contributed by atoms with Gasteiger partial charge >= 0.3 is 0 Å². The van der Waals surface area contributed by atoms with Crippen LogP contribution in [-0.4, -0.2) is 12.6 Å². The average molecular weight is 247 g/mol. The van der Waals surface area contributed by atoms with Gasteiger partial charge in [-0.3, -0.25) is 0 Å². The number of benzene rings is 1. The largest absolute Gasteiger partial charge is 0.490 e. The summed E-state index contributed by atoms with van der Waals surface area (Å²) in [6.45, 7) is 9.59. The van der Waals surface area contributed by atoms with Crippen molar-refractivity contribution in [2.75, 3.05) is 6.61 Å². The van der Waals surface area contributed by atoms with Crippen molar-refractivity contribution in [3.05, 3.63) is 42.5 Å². The van der Waals surface area contributed by atoms with Crippen LogP contribution in [0.5, 0.6) is 5.75 Å². The topological polar surface area (TPSA) is 21.3 Å². The molecule has 0 saturated carbocycles. The molecule has 18 heavy (non-hydrogen) atoms. The first-order valence-corrected chi connectivity index (χ1v) is 6.86. The van der Waals surface area contributed by atoms with Gasteiger partial charge in [0.05, 0.1) is 0 Å². The minimum absolute atomic E-state index is 0.562. The average Bonchev–Trinajstić information content (AvgIpc) is 2.42. The third kappa shape index (κ3) is 5.37. The molecule has 1 aromatic carbocycles. The smallest absolute Gasteiger partial charge is 0.119 e. The molecule has 1 atom stereocenters. The van der Waals surface area contributed by atoms with Crippen LogP contribution in [0.15, 0.2) is 36.9 Å². The molecule has 0 bridgehead atoms. The van der Waals surface area contributed by atoms with Gasteiger partial charge in [-0.15, -0.1) is 0 Å². The summed E-state index contributed by atoms with van der Waals surface area (Å²) in [5.74, 6) is 0.902. The molecule has 2 heteroatoms. The second-order valence-corrected chi connectivity index (χ2v) is 4.52. The van der Waals surface area contributed by atoms with Gasteiger partial charge in [-0.2, -0.15) is 0 Å². The van der Waals surface area contributed by atoms with Crippen LogP contribution in [0, 0.1) is 0 Å². The van der Waals surface area contributed by atoms with E-state index in [1.165, 1.54) is 24.8 Å². The Morgan fingerprint density at radius 2 is 2.00 bits per heavy atom. The fourth-order valence-electron chi connectivity index (χ4n) is 1.92. The monoisotopic (exact) mass is 247 g/mol. The lowest BCUT2D eigenvalue weighted by Crippen LogP contribution is -2.27. The van der Waals surface area contributed by atoms with E-state index in [2.05, 4.69) is 37.9 Å². The van der Waals surface area contributed by atoms with Gasteiger partial charge in [-0.25, -0.2) is 0 Å². The predicted octanol–water partition coefficient (Wildman–Crippen LogP) is 3.92. The Morgan fingerprint density at radius 3 is 2.56 bits per heavy atom. The molecular weight excluding hydrogens is 222 g/mol. The lowest BCUT2D eigenvalue weighted by Gasteiger charge is -2.16. The highest BCUT2D eigenvalue weighted by Gasteiger charge is 2.03. The van der Waals surface area contributed by atoms with Crippen LogP contribution in [0.3, 0.4) is 0 Å². The van der Waals surface area contributed by atoms with Gasteiger partial charge in [0.1, 0.15) is 12.4 Å². The van der Waals surface area contributed by atoms with Crippen molar-refractivity contribution in [2.24, 2.45) is 0 Å². The lowest BCUT2D eigenvalue weighted by molar-refractivity contribution is 0.363. The summed E-state index contributed by atoms with van der Waals surface area (Å²) in [5.41, 5.74) is 1.30. The van der Waals surface area contributed by atoms with E-state index in [1.807, 2.05) is 12.1 Å². The van der Waals surface area contributed by atoms with Crippen molar-refractivity contribution in [2.45, 2.75) is 45.7 Å². The summed E-state index contributed by atoms with van der Waals surface area (Å²) in [6.07, 6.45) is 5.43. The summed E-state index contributed by atoms with van der Waals surface area (Å²) >= 11 is 0. The van der Waals surface area contributed by atoms with E-state index in [4.69, 9.17) is 4.74 Å². The van der Waals surface area contributed by atoms with Gasteiger partial charge in [-0.1, -0.05) is 45.1 Å². The van der Waals surface area contributed by atoms with Gasteiger partial charge in [0.2, 0.25) is 0 Å². The molecule has 100 valence electrons. The zero-order chi connectivity index (χ0) is 13.2. The highest BCUT2D eigenvalue weighted by molar-refractivity contribution is 5.27. The van der Waals surface area contributed by atoms with Crippen molar-refractivity contribution in [3.63, 3.8) is 0 Å². The zero-order valence-electron chi connectivity index (χ0n) is 11.6. The van der Waals surface area contributed by atoms with E-state index in [-0.39, 0.29) is 0 Å². The van der Waals surface area contributed by atoms with Gasteiger partial charge in [0, 0.05) is 12.6 Å². The second kappa shape index (κ2) is 8.76. The highest BCUT2D eigenvalue weighted by Crippen LogP contribution is 2.12. The molecule has 0 spiro atoms. The quantitative estimate of drug-likeness (QED) is 0.668. The Balaban J connectivity index is 2.40. The van der Waals surface area contributed by atoms with Crippen molar-refractivity contribution in [3.8, 4) is 5.75 Å². The first-order chi connectivity index (χ1) is 8.80. The SMILES string of the molecule is C=CCOc1ccc(CNC(CC)CCC)cc1. The van der Waals surface area contributed by atoms with Crippen molar-refractivity contribution >= 4 is 0 Å². The van der Waals surface area contributed by atoms with Crippen LogP contribution in [0.2, 0.25) is 0 Å². The standard InChI is InChI=1S/C16H25NO/c1-4-7-15(6-3)17-13-14-8-10-16(11-9-14)18-12-5-2/h5,8-11,15,17H,2,4,6-7,12-13H2,1,3H3. The summed E-state index contributed by atoms with van der Waals surface area (Å²) < 4.78 is 5.46. The Bertz CT molecular complexity index is 331. The second-order valence-electron chi connectivity index (χ2n) is 4.52. The molecule has 2 nitrogen and oxygen atoms in total. The van der Waals surface area contributed by atoms with Gasteiger partial charge < -0.3 is 10.1 Å². The van der Waals surface area contributed by atoms with E-state index in [9.17, 15) is 0 Å². The number of nitrogens with one attached hydrogen (secondary N) is 1. The van der Waals surface area contributed by atoms with Crippen molar-refractivity contribution in [1.29, 1.82) is 0 Å². The molecule has 0 fully saturated rings. The molecule has 1 N–H and O–H groups in total. The molecular formula is C16H25NO. The molecule has 1 unspecified atom stereocenters. The third-order valence-electron chi connectivity index (χ3n) is 3.02. The fourth-order valence-corrected chi connectivity index (χ4v) is 1.92. The van der Waals surface area contributed by atoms with E-state index in [0.717, 1.165) is 12.3 Å². The number of hydrogen-bond acceptors (Lipinski definition) is 2. The van der Waals surface area contributed by atoms with Gasteiger partial charge in [-0.05, 0) is 30.5 Å². The highest BCUT2D eigenvalue weighted by atomic mass is 16.5. The number of hydrogen-bond donors (Lipinski definition) is 1. The first kappa shape index (κ1) is 14.8. The summed E-state index contributed by atoms with van der Waals surface area (Å²) in [7, 11) is 0. The maximum atomic E-state index is 5.46. The van der Waals surface area contributed by atoms with Crippen LogP contribution in [-0.2, 0) is 6.54 Å². The minimum atomic E-state index is 0.562. The number of rotatable bonds is 9. The first-order valence-electron chi connectivity index (χ1n) is 6.86. The molecule has 0 aliphatic heterocycles. The molecule has 0 aliphatic rings. The predicted molar refractivity (Wildman–Crippen MR) is 78.0 cm³/mol. The van der Waals surface area contributed by atoms with Crippen LogP contribution in [0.4, 0.5) is 0 Å². The van der Waals surface area contributed by atoms with E-state index >= 15 is 0 Å². The van der Waals surface area contributed by atoms with E-state index < -0.39 is 0 Å². The maximum absolute atomic E-state index is 5.46. The molecule has 0 heterocycles. The van der Waals surface area contributed by atoms with Gasteiger partial charge in [0.15, 0.2) is 0 Å². The molecule has 1 aromatic rings. The van der Waals surface area contributed by atoms with E-state index in [0.29, 0.717) is 12.6 Å². The lowest BCUT2D eigenvalue weighted by atomic mass is 10.1. The third-order valence-corrected chi connectivity index (χ3v) is 3.02. The Kier molecular flexibility index (Phi) is 7.19. The summed E-state index contributed by atoms with van der Waals surface area (Å²) in [6, 6.07) is 8.89. The van der Waals surface area contributed by atoms with Crippen LogP contribution < -0.4 is 10.1 Å². The van der Waals surface area contributed by atoms with Crippen LogP contribution in [0.1, 0.15) is 38.7 Å². The molecule has 0 aliphatic carbocycles. The zero-order valence-corrected chi connectivity index (χ0v) is 11.6. The molecule has 0 aromatic heterocycles. The van der Waals surface area contributed by atoms with Crippen molar-refractivity contribution < 1.29 is 4.74 Å². The molecule has 0 amide bonds. The van der Waals surface area contributed by atoms with Crippen LogP contribution in [0.25, 0.3) is 0 Å². The molecule has 1 rings (SSSR count).